The number of hydrogen-bond acceptors (Lipinski definition) is 6. The van der Waals surface area contributed by atoms with Gasteiger partial charge in [0.2, 0.25) is 0 Å². The Morgan fingerprint density at radius 3 is 1.88 bits per heavy atom. The van der Waals surface area contributed by atoms with Crippen molar-refractivity contribution in [1.82, 2.24) is 0 Å². The summed E-state index contributed by atoms with van der Waals surface area (Å²) < 4.78 is 9.16. The van der Waals surface area contributed by atoms with E-state index in [1.807, 2.05) is 0 Å². The Morgan fingerprint density at radius 2 is 1.36 bits per heavy atom. The van der Waals surface area contributed by atoms with E-state index in [1.165, 1.54) is 45.6 Å². The number of carbonyl (C=O) groups excluding carboxylic acids is 3. The summed E-state index contributed by atoms with van der Waals surface area (Å²) in [6.07, 6.45) is 10.7. The third-order valence-electron chi connectivity index (χ3n) is 3.89. The summed E-state index contributed by atoms with van der Waals surface area (Å²) in [6, 6.07) is -0.976. The summed E-state index contributed by atoms with van der Waals surface area (Å²) in [5, 5.41) is 0. The van der Waals surface area contributed by atoms with E-state index in [9.17, 15) is 14.4 Å². The molecule has 0 radical (unpaired) electrons. The van der Waals surface area contributed by atoms with Crippen molar-refractivity contribution in [3.8, 4) is 0 Å². The second-order valence-electron chi connectivity index (χ2n) is 6.09. The SMILES string of the molecule is CCCCCCCCCCCC(=O)OC(=O)[C@@H](N)CCC(=O)OC.[NaH]. The Labute approximate surface area is 173 Å². The molecule has 0 aliphatic rings. The molecule has 0 bridgehead atoms. The molecule has 0 aliphatic heterocycles. The van der Waals surface area contributed by atoms with Crippen molar-refractivity contribution in [2.24, 2.45) is 5.73 Å². The van der Waals surface area contributed by atoms with Gasteiger partial charge in [-0.05, 0) is 12.8 Å². The van der Waals surface area contributed by atoms with Gasteiger partial charge in [-0.3, -0.25) is 9.59 Å². The minimum atomic E-state index is -0.976. The first-order valence-electron chi connectivity index (χ1n) is 9.08. The molecule has 142 valence electrons. The monoisotopic (exact) mass is 367 g/mol. The predicted octanol–water partition coefficient (Wildman–Crippen LogP) is 2.61. The van der Waals surface area contributed by atoms with Crippen LogP contribution in [0.15, 0.2) is 0 Å². The average Bonchev–Trinajstić information content (AvgIpc) is 2.57. The van der Waals surface area contributed by atoms with Crippen molar-refractivity contribution in [1.29, 1.82) is 0 Å². The molecule has 0 aliphatic carbocycles. The molecule has 0 aromatic heterocycles. The molecule has 6 nitrogen and oxygen atoms in total. The van der Waals surface area contributed by atoms with Crippen LogP contribution in [0.3, 0.4) is 0 Å². The number of ether oxygens (including phenoxy) is 2. The van der Waals surface area contributed by atoms with Crippen LogP contribution in [0.4, 0.5) is 0 Å². The van der Waals surface area contributed by atoms with Gasteiger partial charge in [0.1, 0.15) is 6.04 Å². The van der Waals surface area contributed by atoms with Gasteiger partial charge in [-0.2, -0.15) is 0 Å². The number of rotatable bonds is 14. The van der Waals surface area contributed by atoms with E-state index in [1.54, 1.807) is 0 Å². The van der Waals surface area contributed by atoms with Gasteiger partial charge in [0.25, 0.3) is 0 Å². The number of methoxy groups -OCH3 is 1. The second kappa shape index (κ2) is 18.4. The van der Waals surface area contributed by atoms with Crippen LogP contribution in [-0.2, 0) is 23.9 Å². The van der Waals surface area contributed by atoms with Crippen molar-refractivity contribution in [3.63, 3.8) is 0 Å². The third-order valence-corrected chi connectivity index (χ3v) is 3.89. The summed E-state index contributed by atoms with van der Waals surface area (Å²) >= 11 is 0. The van der Waals surface area contributed by atoms with Gasteiger partial charge in [0.15, 0.2) is 0 Å². The van der Waals surface area contributed by atoms with E-state index in [2.05, 4.69) is 11.7 Å². The fourth-order valence-electron chi connectivity index (χ4n) is 2.31. The van der Waals surface area contributed by atoms with Gasteiger partial charge in [-0.25, -0.2) is 4.79 Å². The van der Waals surface area contributed by atoms with Crippen molar-refractivity contribution in [2.45, 2.75) is 90.0 Å². The first-order valence-corrected chi connectivity index (χ1v) is 9.08. The molecule has 0 saturated heterocycles. The van der Waals surface area contributed by atoms with Crippen molar-refractivity contribution >= 4 is 47.5 Å². The molecule has 25 heavy (non-hydrogen) atoms. The molecule has 0 saturated carbocycles. The first-order chi connectivity index (χ1) is 11.5. The standard InChI is InChI=1S/C18H33NO5.Na.H/c1-3-4-5-6-7-8-9-10-11-12-17(21)24-18(22)15(19)13-14-16(20)23-2;;/h15H,3-14,19H2,1-2H3;;/t15-;;/m0../s1. The molecule has 2 N–H and O–H groups in total. The number of nitrogens with two attached hydrogens (primary N) is 1. The van der Waals surface area contributed by atoms with Crippen LogP contribution in [-0.4, -0.2) is 60.6 Å². The van der Waals surface area contributed by atoms with Gasteiger partial charge < -0.3 is 15.2 Å². The van der Waals surface area contributed by atoms with E-state index < -0.39 is 23.9 Å². The van der Waals surface area contributed by atoms with Crippen LogP contribution in [0.2, 0.25) is 0 Å². The van der Waals surface area contributed by atoms with Crippen LogP contribution in [0.5, 0.6) is 0 Å². The summed E-state index contributed by atoms with van der Waals surface area (Å²) in [5.74, 6) is -1.77. The second-order valence-corrected chi connectivity index (χ2v) is 6.09. The summed E-state index contributed by atoms with van der Waals surface area (Å²) in [6.45, 7) is 2.20. The zero-order valence-corrected chi connectivity index (χ0v) is 15.2. The Morgan fingerprint density at radius 1 is 0.840 bits per heavy atom. The van der Waals surface area contributed by atoms with Crippen molar-refractivity contribution in [2.75, 3.05) is 7.11 Å². The fraction of sp³-hybridized carbons (Fsp3) is 0.833. The Bertz CT molecular complexity index is 376. The van der Waals surface area contributed by atoms with E-state index in [0.717, 1.165) is 19.3 Å². The molecule has 1 atom stereocenters. The molecule has 0 amide bonds. The molecule has 0 heterocycles. The molecular formula is C18H34NNaO5. The first kappa shape index (κ1) is 26.8. The number of esters is 3. The summed E-state index contributed by atoms with van der Waals surface area (Å²) in [7, 11) is 1.26. The Kier molecular flexibility index (Phi) is 19.7. The molecule has 0 aromatic rings. The summed E-state index contributed by atoms with van der Waals surface area (Å²) in [4.78, 5) is 34.1. The van der Waals surface area contributed by atoms with Crippen LogP contribution in [0, 0.1) is 0 Å². The molecule has 0 unspecified atom stereocenters. The van der Waals surface area contributed by atoms with E-state index >= 15 is 0 Å². The van der Waals surface area contributed by atoms with E-state index in [4.69, 9.17) is 10.5 Å². The zero-order chi connectivity index (χ0) is 18.2. The number of unbranched alkanes of at least 4 members (excludes halogenated alkanes) is 8. The molecule has 0 fully saturated rings. The molecule has 0 spiro atoms. The maximum absolute atomic E-state index is 11.6. The summed E-state index contributed by atoms with van der Waals surface area (Å²) in [5.41, 5.74) is 5.58. The van der Waals surface area contributed by atoms with Gasteiger partial charge in [-0.1, -0.05) is 58.3 Å². The topological polar surface area (TPSA) is 95.7 Å². The van der Waals surface area contributed by atoms with Crippen LogP contribution >= 0.6 is 0 Å². The van der Waals surface area contributed by atoms with Gasteiger partial charge in [0.05, 0.1) is 7.11 Å². The molecule has 7 heteroatoms. The number of carbonyl (C=O) groups is 3. The third kappa shape index (κ3) is 16.8. The van der Waals surface area contributed by atoms with Crippen molar-refractivity contribution in [3.05, 3.63) is 0 Å². The number of hydrogen-bond donors (Lipinski definition) is 1. The van der Waals surface area contributed by atoms with Gasteiger partial charge >= 0.3 is 47.5 Å². The molecule has 0 aromatic carbocycles. The van der Waals surface area contributed by atoms with Crippen LogP contribution in [0.25, 0.3) is 0 Å². The minimum absolute atomic E-state index is 0. The average molecular weight is 367 g/mol. The predicted molar refractivity (Wildman–Crippen MR) is 99.3 cm³/mol. The Balaban J connectivity index is 0. The molecule has 0 rings (SSSR count). The molecular weight excluding hydrogens is 333 g/mol. The fourth-order valence-corrected chi connectivity index (χ4v) is 2.31. The normalized spacial score (nSPS) is 11.3. The van der Waals surface area contributed by atoms with Crippen LogP contribution < -0.4 is 5.73 Å². The van der Waals surface area contributed by atoms with Gasteiger partial charge in [0, 0.05) is 12.8 Å². The van der Waals surface area contributed by atoms with E-state index in [-0.39, 0.29) is 48.8 Å². The van der Waals surface area contributed by atoms with E-state index in [0.29, 0.717) is 0 Å². The van der Waals surface area contributed by atoms with Crippen molar-refractivity contribution < 1.29 is 23.9 Å². The Hall–Kier alpha value is -0.430. The quantitative estimate of drug-likeness (QED) is 0.219. The zero-order valence-electron chi connectivity index (χ0n) is 15.2. The van der Waals surface area contributed by atoms with Crippen LogP contribution in [0.1, 0.15) is 84.0 Å². The maximum atomic E-state index is 11.6. The van der Waals surface area contributed by atoms with Gasteiger partial charge in [-0.15, -0.1) is 0 Å².